The van der Waals surface area contributed by atoms with Crippen LogP contribution in [0.3, 0.4) is 0 Å². The van der Waals surface area contributed by atoms with Gasteiger partial charge in [0.25, 0.3) is 0 Å². The number of aromatic nitrogens is 1. The zero-order valence-corrected chi connectivity index (χ0v) is 14.0. The van der Waals surface area contributed by atoms with Gasteiger partial charge in [-0.1, -0.05) is 33.6 Å². The fourth-order valence-corrected chi connectivity index (χ4v) is 3.06. The third-order valence-electron chi connectivity index (χ3n) is 4.37. The molecule has 0 saturated carbocycles. The first-order chi connectivity index (χ1) is 10.3. The van der Waals surface area contributed by atoms with Gasteiger partial charge in [0.2, 0.25) is 0 Å². The van der Waals surface area contributed by atoms with Crippen LogP contribution < -0.4 is 10.2 Å². The van der Waals surface area contributed by atoms with Gasteiger partial charge >= 0.3 is 0 Å². The maximum Gasteiger partial charge on any atom is 0.129 e. The molecule has 1 aliphatic heterocycles. The van der Waals surface area contributed by atoms with E-state index in [2.05, 4.69) is 43.1 Å². The first kappa shape index (κ1) is 16.3. The summed E-state index contributed by atoms with van der Waals surface area (Å²) in [4.78, 5) is 7.38. The molecule has 3 heteroatoms. The predicted octanol–water partition coefficient (Wildman–Crippen LogP) is 3.77. The number of aryl methyl sites for hydroxylation is 1. The predicted molar refractivity (Wildman–Crippen MR) is 90.8 cm³/mol. The number of hydrogen-bond acceptors (Lipinski definition) is 3. The molecule has 0 radical (unpaired) electrons. The van der Waals surface area contributed by atoms with Crippen molar-refractivity contribution in [3.63, 3.8) is 0 Å². The second kappa shape index (κ2) is 8.38. The zero-order chi connectivity index (χ0) is 15.1. The standard InChI is InChI=1S/C18H31N3/c1-4-7-17-11-16(13-19-9-5-2)12-18(20-17)21-10-8-15(6-3)14-21/h11-12,15,19H,4-10,13-14H2,1-3H3. The highest BCUT2D eigenvalue weighted by atomic mass is 15.2. The van der Waals surface area contributed by atoms with Crippen molar-refractivity contribution in [2.75, 3.05) is 24.5 Å². The number of hydrogen-bond donors (Lipinski definition) is 1. The van der Waals surface area contributed by atoms with Crippen molar-refractivity contribution in [1.29, 1.82) is 0 Å². The minimum absolute atomic E-state index is 0.850. The Morgan fingerprint density at radius 2 is 2.10 bits per heavy atom. The molecule has 1 aromatic heterocycles. The van der Waals surface area contributed by atoms with Crippen LogP contribution in [0.1, 0.15) is 57.7 Å². The molecule has 21 heavy (non-hydrogen) atoms. The van der Waals surface area contributed by atoms with Crippen molar-refractivity contribution in [2.45, 2.75) is 59.4 Å². The Bertz CT molecular complexity index is 430. The topological polar surface area (TPSA) is 28.2 Å². The molecule has 118 valence electrons. The third kappa shape index (κ3) is 4.70. The van der Waals surface area contributed by atoms with E-state index in [-0.39, 0.29) is 0 Å². The molecule has 1 fully saturated rings. The maximum absolute atomic E-state index is 4.90. The van der Waals surface area contributed by atoms with Crippen LogP contribution in [0.2, 0.25) is 0 Å². The molecule has 2 rings (SSSR count). The summed E-state index contributed by atoms with van der Waals surface area (Å²) in [6, 6.07) is 4.57. The number of nitrogens with zero attached hydrogens (tertiary/aromatic N) is 2. The Balaban J connectivity index is 2.11. The molecule has 0 bridgehead atoms. The van der Waals surface area contributed by atoms with E-state index in [1.54, 1.807) is 0 Å². The highest BCUT2D eigenvalue weighted by molar-refractivity contribution is 5.44. The summed E-state index contributed by atoms with van der Waals surface area (Å²) in [5.74, 6) is 2.05. The molecular weight excluding hydrogens is 258 g/mol. The lowest BCUT2D eigenvalue weighted by atomic mass is 10.1. The molecular formula is C18H31N3. The van der Waals surface area contributed by atoms with Gasteiger partial charge in [-0.05, 0) is 49.4 Å². The minimum atomic E-state index is 0.850. The van der Waals surface area contributed by atoms with Crippen molar-refractivity contribution in [1.82, 2.24) is 10.3 Å². The van der Waals surface area contributed by atoms with Crippen molar-refractivity contribution in [3.8, 4) is 0 Å². The summed E-state index contributed by atoms with van der Waals surface area (Å²) in [5.41, 5.74) is 2.64. The van der Waals surface area contributed by atoms with Gasteiger partial charge in [0.1, 0.15) is 5.82 Å². The Hall–Kier alpha value is -1.09. The van der Waals surface area contributed by atoms with E-state index in [0.717, 1.165) is 31.8 Å². The molecule has 0 amide bonds. The molecule has 1 unspecified atom stereocenters. The molecule has 1 saturated heterocycles. The normalized spacial score (nSPS) is 18.4. The summed E-state index contributed by atoms with van der Waals surface area (Å²) in [7, 11) is 0. The maximum atomic E-state index is 4.90. The van der Waals surface area contributed by atoms with Crippen LogP contribution in [-0.4, -0.2) is 24.6 Å². The smallest absolute Gasteiger partial charge is 0.129 e. The average Bonchev–Trinajstić information content (AvgIpc) is 2.97. The van der Waals surface area contributed by atoms with E-state index in [9.17, 15) is 0 Å². The minimum Gasteiger partial charge on any atom is -0.356 e. The van der Waals surface area contributed by atoms with Gasteiger partial charge in [0.05, 0.1) is 0 Å². The van der Waals surface area contributed by atoms with E-state index < -0.39 is 0 Å². The van der Waals surface area contributed by atoms with Crippen LogP contribution in [0.5, 0.6) is 0 Å². The van der Waals surface area contributed by atoms with E-state index in [1.807, 2.05) is 0 Å². The number of rotatable bonds is 8. The molecule has 3 nitrogen and oxygen atoms in total. The molecule has 0 aromatic carbocycles. The van der Waals surface area contributed by atoms with E-state index >= 15 is 0 Å². The lowest BCUT2D eigenvalue weighted by Crippen LogP contribution is -2.22. The van der Waals surface area contributed by atoms with E-state index in [4.69, 9.17) is 4.98 Å². The molecule has 1 N–H and O–H groups in total. The van der Waals surface area contributed by atoms with Gasteiger partial charge in [0.15, 0.2) is 0 Å². The SMILES string of the molecule is CCCNCc1cc(CCC)nc(N2CCC(CC)C2)c1. The number of pyridine rings is 1. The Morgan fingerprint density at radius 3 is 2.76 bits per heavy atom. The summed E-state index contributed by atoms with van der Waals surface area (Å²) >= 11 is 0. The molecule has 1 atom stereocenters. The summed E-state index contributed by atoms with van der Waals surface area (Å²) in [5, 5.41) is 3.51. The third-order valence-corrected chi connectivity index (χ3v) is 4.37. The van der Waals surface area contributed by atoms with Crippen LogP contribution in [0.4, 0.5) is 5.82 Å². The average molecular weight is 289 g/mol. The zero-order valence-electron chi connectivity index (χ0n) is 14.0. The van der Waals surface area contributed by atoms with Gasteiger partial charge < -0.3 is 10.2 Å². The fraction of sp³-hybridized carbons (Fsp3) is 0.722. The van der Waals surface area contributed by atoms with Gasteiger partial charge in [-0.25, -0.2) is 4.98 Å². The van der Waals surface area contributed by atoms with Crippen LogP contribution in [0.15, 0.2) is 12.1 Å². The highest BCUT2D eigenvalue weighted by Gasteiger charge is 2.22. The molecule has 2 heterocycles. The van der Waals surface area contributed by atoms with Gasteiger partial charge in [-0.15, -0.1) is 0 Å². The summed E-state index contributed by atoms with van der Waals surface area (Å²) in [6.45, 7) is 11.1. The van der Waals surface area contributed by atoms with Crippen molar-refractivity contribution >= 4 is 5.82 Å². The Labute approximate surface area is 130 Å². The van der Waals surface area contributed by atoms with Crippen molar-refractivity contribution in [3.05, 3.63) is 23.4 Å². The van der Waals surface area contributed by atoms with Gasteiger partial charge in [0, 0.05) is 25.3 Å². The Kier molecular flexibility index (Phi) is 6.50. The van der Waals surface area contributed by atoms with E-state index in [0.29, 0.717) is 0 Å². The Morgan fingerprint density at radius 1 is 1.24 bits per heavy atom. The van der Waals surface area contributed by atoms with Crippen LogP contribution >= 0.6 is 0 Å². The summed E-state index contributed by atoms with van der Waals surface area (Å²) < 4.78 is 0. The number of anilines is 1. The second-order valence-electron chi connectivity index (χ2n) is 6.26. The van der Waals surface area contributed by atoms with Gasteiger partial charge in [-0.3, -0.25) is 0 Å². The first-order valence-corrected chi connectivity index (χ1v) is 8.72. The quantitative estimate of drug-likeness (QED) is 0.738. The van der Waals surface area contributed by atoms with Crippen LogP contribution in [0, 0.1) is 5.92 Å². The molecule has 1 aromatic rings. The second-order valence-corrected chi connectivity index (χ2v) is 6.26. The molecule has 0 spiro atoms. The van der Waals surface area contributed by atoms with Crippen LogP contribution in [-0.2, 0) is 13.0 Å². The van der Waals surface area contributed by atoms with Gasteiger partial charge in [-0.2, -0.15) is 0 Å². The molecule has 0 aliphatic carbocycles. The highest BCUT2D eigenvalue weighted by Crippen LogP contribution is 2.25. The van der Waals surface area contributed by atoms with E-state index in [1.165, 1.54) is 49.4 Å². The molecule has 1 aliphatic rings. The van der Waals surface area contributed by atoms with Crippen molar-refractivity contribution < 1.29 is 0 Å². The number of nitrogens with one attached hydrogen (secondary N) is 1. The largest absolute Gasteiger partial charge is 0.356 e. The summed E-state index contributed by atoms with van der Waals surface area (Å²) in [6.07, 6.45) is 6.04. The first-order valence-electron chi connectivity index (χ1n) is 8.72. The lowest BCUT2D eigenvalue weighted by Gasteiger charge is -2.19. The monoisotopic (exact) mass is 289 g/mol. The van der Waals surface area contributed by atoms with Crippen molar-refractivity contribution in [2.24, 2.45) is 5.92 Å². The lowest BCUT2D eigenvalue weighted by molar-refractivity contribution is 0.568. The van der Waals surface area contributed by atoms with Crippen LogP contribution in [0.25, 0.3) is 0 Å². The fourth-order valence-electron chi connectivity index (χ4n) is 3.06.